The summed E-state index contributed by atoms with van der Waals surface area (Å²) in [6.45, 7) is 0.239. The number of aliphatic hydroxyl groups excluding tert-OH is 1. The van der Waals surface area contributed by atoms with Gasteiger partial charge in [-0.05, 0) is 56.7 Å². The van der Waals surface area contributed by atoms with Crippen molar-refractivity contribution in [3.63, 3.8) is 0 Å². The van der Waals surface area contributed by atoms with Crippen molar-refractivity contribution in [1.82, 2.24) is 15.5 Å². The van der Waals surface area contributed by atoms with Crippen LogP contribution in [0.1, 0.15) is 74.3 Å². The lowest BCUT2D eigenvalue weighted by atomic mass is 9.71. The maximum absolute atomic E-state index is 13.1. The first-order valence-electron chi connectivity index (χ1n) is 12.2. The van der Waals surface area contributed by atoms with E-state index in [1.807, 2.05) is 0 Å². The SMILES string of the molecule is O=C(NC12CCC(c3nnc([C@H]4C[C@@H](OC(F)(F)F)C4)o3)(CC1)OC2)C1CC(O)c2cc(Cl)ccc2O1. The maximum atomic E-state index is 13.1. The number of carbonyl (C=O) groups excluding carboxylic acids is 1. The molecule has 0 radical (unpaired) electrons. The van der Waals surface area contributed by atoms with Gasteiger partial charge < -0.3 is 24.3 Å². The van der Waals surface area contributed by atoms with Crippen LogP contribution in [0.25, 0.3) is 0 Å². The van der Waals surface area contributed by atoms with Crippen molar-refractivity contribution in [2.75, 3.05) is 6.61 Å². The van der Waals surface area contributed by atoms with Crippen molar-refractivity contribution >= 4 is 17.5 Å². The van der Waals surface area contributed by atoms with Crippen LogP contribution in [0.2, 0.25) is 5.02 Å². The van der Waals surface area contributed by atoms with E-state index in [4.69, 9.17) is 25.5 Å². The first-order valence-corrected chi connectivity index (χ1v) is 12.6. The molecule has 7 rings (SSSR count). The second-order valence-corrected chi connectivity index (χ2v) is 10.8. The molecule has 4 fully saturated rings. The second-order valence-electron chi connectivity index (χ2n) is 10.4. The number of carbonyl (C=O) groups is 1. The first kappa shape index (κ1) is 24.9. The zero-order chi connectivity index (χ0) is 26.0. The van der Waals surface area contributed by atoms with Crippen molar-refractivity contribution < 1.29 is 41.7 Å². The highest BCUT2D eigenvalue weighted by Crippen LogP contribution is 2.50. The van der Waals surface area contributed by atoms with Crippen LogP contribution in [-0.4, -0.2) is 51.9 Å². The van der Waals surface area contributed by atoms with Crippen LogP contribution < -0.4 is 10.1 Å². The lowest BCUT2D eigenvalue weighted by Gasteiger charge is -2.51. The molecular formula is C24H25ClF3N3O6. The Bertz CT molecular complexity index is 1180. The molecule has 2 N–H and O–H groups in total. The van der Waals surface area contributed by atoms with Gasteiger partial charge in [0, 0.05) is 22.9 Å². The summed E-state index contributed by atoms with van der Waals surface area (Å²) >= 11 is 6.00. The molecule has 2 aliphatic carbocycles. The predicted octanol–water partition coefficient (Wildman–Crippen LogP) is 4.04. The molecule has 2 saturated heterocycles. The van der Waals surface area contributed by atoms with Gasteiger partial charge >= 0.3 is 6.36 Å². The lowest BCUT2D eigenvalue weighted by molar-refractivity contribution is -0.352. The van der Waals surface area contributed by atoms with Crippen LogP contribution >= 0.6 is 11.6 Å². The Morgan fingerprint density at radius 2 is 1.92 bits per heavy atom. The Morgan fingerprint density at radius 1 is 1.16 bits per heavy atom. The Morgan fingerprint density at radius 3 is 2.59 bits per heavy atom. The molecule has 2 bridgehead atoms. The highest BCUT2D eigenvalue weighted by Gasteiger charge is 2.55. The summed E-state index contributed by atoms with van der Waals surface area (Å²) in [4.78, 5) is 13.1. The summed E-state index contributed by atoms with van der Waals surface area (Å²) < 4.78 is 59.0. The molecule has 13 heteroatoms. The van der Waals surface area contributed by atoms with E-state index >= 15 is 0 Å². The van der Waals surface area contributed by atoms with Gasteiger partial charge in [0.15, 0.2) is 6.10 Å². The lowest BCUT2D eigenvalue weighted by Crippen LogP contribution is -2.63. The van der Waals surface area contributed by atoms with Crippen molar-refractivity contribution in [1.29, 1.82) is 0 Å². The molecule has 37 heavy (non-hydrogen) atoms. The van der Waals surface area contributed by atoms with Crippen molar-refractivity contribution in [2.24, 2.45) is 0 Å². The number of aliphatic hydroxyl groups is 1. The van der Waals surface area contributed by atoms with Crippen LogP contribution in [0.4, 0.5) is 13.2 Å². The number of ether oxygens (including phenoxy) is 3. The van der Waals surface area contributed by atoms with E-state index in [-0.39, 0.29) is 37.7 Å². The van der Waals surface area contributed by atoms with Crippen LogP contribution in [0.3, 0.4) is 0 Å². The van der Waals surface area contributed by atoms with Crippen LogP contribution in [0.15, 0.2) is 22.6 Å². The molecule has 2 aromatic rings. The number of aromatic nitrogens is 2. The third kappa shape index (κ3) is 4.68. The second kappa shape index (κ2) is 8.82. The van der Waals surface area contributed by atoms with E-state index in [2.05, 4.69) is 20.3 Å². The minimum Gasteiger partial charge on any atom is -0.480 e. The average Bonchev–Trinajstić information content (AvgIpc) is 3.32. The number of benzene rings is 1. The zero-order valence-corrected chi connectivity index (χ0v) is 20.3. The van der Waals surface area contributed by atoms with Gasteiger partial charge in [0.2, 0.25) is 11.8 Å². The third-order valence-electron chi connectivity index (χ3n) is 7.93. The Balaban J connectivity index is 1.06. The fourth-order valence-corrected chi connectivity index (χ4v) is 5.87. The number of hydrogen-bond acceptors (Lipinski definition) is 8. The highest BCUT2D eigenvalue weighted by atomic mass is 35.5. The molecule has 2 saturated carbocycles. The summed E-state index contributed by atoms with van der Waals surface area (Å²) in [7, 11) is 0. The summed E-state index contributed by atoms with van der Waals surface area (Å²) in [5.74, 6) is 0.441. The quantitative estimate of drug-likeness (QED) is 0.580. The van der Waals surface area contributed by atoms with Gasteiger partial charge in [-0.2, -0.15) is 0 Å². The van der Waals surface area contributed by atoms with Gasteiger partial charge in [-0.25, -0.2) is 0 Å². The third-order valence-corrected chi connectivity index (χ3v) is 8.17. The molecule has 1 amide bonds. The van der Waals surface area contributed by atoms with E-state index in [0.717, 1.165) is 0 Å². The first-order chi connectivity index (χ1) is 17.5. The topological polar surface area (TPSA) is 116 Å². The fourth-order valence-electron chi connectivity index (χ4n) is 5.69. The molecule has 9 nitrogen and oxygen atoms in total. The number of fused-ring (bicyclic) bond motifs is 4. The molecular weight excluding hydrogens is 519 g/mol. The van der Waals surface area contributed by atoms with E-state index < -0.39 is 35.8 Å². The van der Waals surface area contributed by atoms with Crippen LogP contribution in [-0.2, 0) is 19.9 Å². The Labute approximate surface area is 214 Å². The highest BCUT2D eigenvalue weighted by molar-refractivity contribution is 6.30. The van der Waals surface area contributed by atoms with E-state index in [0.29, 0.717) is 53.8 Å². The molecule has 0 spiro atoms. The number of amides is 1. The van der Waals surface area contributed by atoms with Crippen molar-refractivity contribution in [3.05, 3.63) is 40.6 Å². The van der Waals surface area contributed by atoms with Gasteiger partial charge in [0.1, 0.15) is 11.4 Å². The molecule has 1 aromatic carbocycles. The summed E-state index contributed by atoms with van der Waals surface area (Å²) in [5, 5.41) is 22.3. The molecule has 3 aliphatic heterocycles. The number of nitrogens with zero attached hydrogens (tertiary/aromatic N) is 2. The van der Waals surface area contributed by atoms with Crippen molar-refractivity contribution in [3.8, 4) is 5.75 Å². The summed E-state index contributed by atoms with van der Waals surface area (Å²) in [6, 6.07) is 4.92. The van der Waals surface area contributed by atoms with Gasteiger partial charge in [-0.15, -0.1) is 23.4 Å². The summed E-state index contributed by atoms with van der Waals surface area (Å²) in [5.41, 5.74) is -0.798. The van der Waals surface area contributed by atoms with Crippen molar-refractivity contribution in [2.45, 2.75) is 86.7 Å². The number of hydrogen-bond donors (Lipinski definition) is 2. The minimum atomic E-state index is -4.66. The predicted molar refractivity (Wildman–Crippen MR) is 120 cm³/mol. The normalized spacial score (nSPS) is 34.8. The van der Waals surface area contributed by atoms with Crippen LogP contribution in [0, 0.1) is 0 Å². The molecule has 5 aliphatic rings. The van der Waals surface area contributed by atoms with Gasteiger partial charge in [0.25, 0.3) is 5.91 Å². The van der Waals surface area contributed by atoms with Gasteiger partial charge in [-0.1, -0.05) is 11.6 Å². The largest absolute Gasteiger partial charge is 0.522 e. The maximum Gasteiger partial charge on any atom is 0.522 e. The molecule has 200 valence electrons. The van der Waals surface area contributed by atoms with Crippen LogP contribution in [0.5, 0.6) is 5.75 Å². The standard InChI is InChI=1S/C24H25ClF3N3O6/c25-13-1-2-17-15(9-13)16(32)10-18(35-17)19(33)29-22-3-5-23(6-4-22,34-11-22)21-31-30-20(36-21)12-7-14(8-12)37-24(26,27)28/h1-2,9,12,14,16,18,32H,3-8,10-11H2,(H,29,33)/t12-,14+,16?,18?,22?,23?. The molecule has 1 aromatic heterocycles. The molecule has 4 heterocycles. The molecule has 2 unspecified atom stereocenters. The number of nitrogens with one attached hydrogen (secondary N) is 1. The molecule has 2 atom stereocenters. The fraction of sp³-hybridized carbons (Fsp3) is 0.625. The summed E-state index contributed by atoms with van der Waals surface area (Å²) in [6.07, 6.45) is -4.53. The Kier molecular flexibility index (Phi) is 5.94. The Hall–Kier alpha value is -2.41. The number of halogens is 4. The number of alkyl halides is 3. The van der Waals surface area contributed by atoms with E-state index in [1.54, 1.807) is 18.2 Å². The smallest absolute Gasteiger partial charge is 0.480 e. The average molecular weight is 544 g/mol. The number of rotatable bonds is 5. The zero-order valence-electron chi connectivity index (χ0n) is 19.6. The van der Waals surface area contributed by atoms with E-state index in [1.165, 1.54) is 0 Å². The van der Waals surface area contributed by atoms with E-state index in [9.17, 15) is 23.1 Å². The van der Waals surface area contributed by atoms with Gasteiger partial charge in [0.05, 0.1) is 24.4 Å². The monoisotopic (exact) mass is 543 g/mol. The van der Waals surface area contributed by atoms with Gasteiger partial charge in [-0.3, -0.25) is 9.53 Å². The minimum absolute atomic E-state index is 0.112.